The Balaban J connectivity index is 0.000000335. The maximum Gasteiger partial charge on any atom is 0.231 e. The summed E-state index contributed by atoms with van der Waals surface area (Å²) in [6.07, 6.45) is 8.32. The molecule has 1 aliphatic rings. The van der Waals surface area contributed by atoms with Gasteiger partial charge in [-0.25, -0.2) is 0 Å². The Kier molecular flexibility index (Phi) is 10.7. The first-order chi connectivity index (χ1) is 14.5. The highest BCUT2D eigenvalue weighted by molar-refractivity contribution is 7.91. The molecule has 0 fully saturated rings. The van der Waals surface area contributed by atoms with Gasteiger partial charge in [-0.1, -0.05) is 55.9 Å². The number of rotatable bonds is 10. The third-order valence-corrected chi connectivity index (χ3v) is 6.69. The highest BCUT2D eigenvalue weighted by Gasteiger charge is 2.19. The summed E-state index contributed by atoms with van der Waals surface area (Å²) in [6, 6.07) is 11.9. The molecular formula is C24H34O5S. The molecule has 2 aromatic carbocycles. The Labute approximate surface area is 183 Å². The van der Waals surface area contributed by atoms with E-state index in [1.54, 1.807) is 6.07 Å². The molecule has 0 spiro atoms. The largest absolute Gasteiger partial charge is 0.616 e. The van der Waals surface area contributed by atoms with Gasteiger partial charge in [0.05, 0.1) is 0 Å². The fourth-order valence-corrected chi connectivity index (χ4v) is 4.48. The minimum Gasteiger partial charge on any atom is -0.616 e. The van der Waals surface area contributed by atoms with Crippen molar-refractivity contribution in [2.75, 3.05) is 12.5 Å². The van der Waals surface area contributed by atoms with Gasteiger partial charge in [-0.05, 0) is 49.6 Å². The van der Waals surface area contributed by atoms with E-state index in [0.29, 0.717) is 6.79 Å². The van der Waals surface area contributed by atoms with E-state index in [-0.39, 0.29) is 16.7 Å². The number of hydrogen-bond acceptors (Lipinski definition) is 5. The SMILES string of the molecule is CCCCCCCC[S+]([O-])C(C)Cc1ccc2c(c1)OCO2.Oc1cccc(O)c1. The number of aromatic hydroxyl groups is 2. The van der Waals surface area contributed by atoms with E-state index in [1.165, 1.54) is 55.9 Å². The van der Waals surface area contributed by atoms with Gasteiger partial charge in [-0.15, -0.1) is 0 Å². The fourth-order valence-electron chi connectivity index (χ4n) is 3.21. The Morgan fingerprint density at radius 1 is 0.933 bits per heavy atom. The van der Waals surface area contributed by atoms with Crippen LogP contribution in [0.4, 0.5) is 0 Å². The monoisotopic (exact) mass is 434 g/mol. The second kappa shape index (κ2) is 13.3. The molecule has 0 saturated heterocycles. The van der Waals surface area contributed by atoms with E-state index in [9.17, 15) is 4.55 Å². The number of unbranched alkanes of at least 4 members (excludes halogenated alkanes) is 5. The van der Waals surface area contributed by atoms with E-state index in [0.717, 1.165) is 30.1 Å². The lowest BCUT2D eigenvalue weighted by Gasteiger charge is -2.18. The first kappa shape index (κ1) is 24.2. The highest BCUT2D eigenvalue weighted by Crippen LogP contribution is 2.33. The van der Waals surface area contributed by atoms with Crippen molar-refractivity contribution < 1.29 is 24.2 Å². The van der Waals surface area contributed by atoms with E-state index >= 15 is 0 Å². The van der Waals surface area contributed by atoms with Crippen LogP contribution in [-0.2, 0) is 17.6 Å². The van der Waals surface area contributed by atoms with Crippen LogP contribution >= 0.6 is 0 Å². The van der Waals surface area contributed by atoms with Crippen molar-refractivity contribution in [3.05, 3.63) is 48.0 Å². The molecule has 5 nitrogen and oxygen atoms in total. The number of benzene rings is 2. The smallest absolute Gasteiger partial charge is 0.231 e. The molecule has 0 radical (unpaired) electrons. The van der Waals surface area contributed by atoms with E-state index in [1.807, 2.05) is 18.2 Å². The van der Waals surface area contributed by atoms with Crippen LogP contribution in [0.25, 0.3) is 0 Å². The van der Waals surface area contributed by atoms with Gasteiger partial charge in [-0.2, -0.15) is 0 Å². The highest BCUT2D eigenvalue weighted by atomic mass is 32.2. The molecule has 0 aromatic heterocycles. The predicted molar refractivity (Wildman–Crippen MR) is 122 cm³/mol. The van der Waals surface area contributed by atoms with Crippen LogP contribution in [0.1, 0.15) is 57.9 Å². The zero-order chi connectivity index (χ0) is 21.8. The maximum atomic E-state index is 12.3. The summed E-state index contributed by atoms with van der Waals surface area (Å²) in [5.41, 5.74) is 1.17. The number of phenols is 2. The zero-order valence-corrected chi connectivity index (χ0v) is 18.8. The van der Waals surface area contributed by atoms with Gasteiger partial charge in [-0.3, -0.25) is 0 Å². The van der Waals surface area contributed by atoms with E-state index < -0.39 is 11.2 Å². The first-order valence-electron chi connectivity index (χ1n) is 10.7. The van der Waals surface area contributed by atoms with Gasteiger partial charge in [0.25, 0.3) is 0 Å². The minimum absolute atomic E-state index is 0.0880. The molecule has 6 heteroatoms. The summed E-state index contributed by atoms with van der Waals surface area (Å²) < 4.78 is 23.0. The van der Waals surface area contributed by atoms with Crippen LogP contribution in [0.3, 0.4) is 0 Å². The lowest BCUT2D eigenvalue weighted by Crippen LogP contribution is -2.23. The average Bonchev–Trinajstić information content (AvgIpc) is 3.18. The molecule has 2 unspecified atom stereocenters. The molecule has 2 aromatic rings. The Hall–Kier alpha value is -2.05. The maximum absolute atomic E-state index is 12.3. The summed E-state index contributed by atoms with van der Waals surface area (Å²) in [6.45, 7) is 4.61. The third-order valence-electron chi connectivity index (χ3n) is 4.94. The number of phenolic OH excluding ortho intramolecular Hbond substituents is 2. The molecule has 2 N–H and O–H groups in total. The molecule has 0 bridgehead atoms. The van der Waals surface area contributed by atoms with Crippen molar-refractivity contribution in [2.45, 2.75) is 64.0 Å². The van der Waals surface area contributed by atoms with E-state index in [2.05, 4.69) is 13.8 Å². The lowest BCUT2D eigenvalue weighted by atomic mass is 10.1. The molecule has 166 valence electrons. The summed E-state index contributed by atoms with van der Waals surface area (Å²) in [4.78, 5) is 0. The normalized spacial score (nSPS) is 14.0. The Bertz CT molecular complexity index is 735. The van der Waals surface area contributed by atoms with Crippen molar-refractivity contribution in [1.29, 1.82) is 0 Å². The molecule has 1 aliphatic heterocycles. The van der Waals surface area contributed by atoms with Gasteiger partial charge < -0.3 is 24.2 Å². The van der Waals surface area contributed by atoms with E-state index in [4.69, 9.17) is 19.7 Å². The predicted octanol–water partition coefficient (Wildman–Crippen LogP) is 5.55. The van der Waals surface area contributed by atoms with Crippen LogP contribution in [0.5, 0.6) is 23.0 Å². The summed E-state index contributed by atoms with van der Waals surface area (Å²) >= 11 is -0.743. The van der Waals surface area contributed by atoms with Crippen LogP contribution in [0.15, 0.2) is 42.5 Å². The van der Waals surface area contributed by atoms with Gasteiger partial charge >= 0.3 is 0 Å². The third kappa shape index (κ3) is 8.76. The zero-order valence-electron chi connectivity index (χ0n) is 18.0. The van der Waals surface area contributed by atoms with Gasteiger partial charge in [0, 0.05) is 12.5 Å². The van der Waals surface area contributed by atoms with Crippen LogP contribution < -0.4 is 9.47 Å². The molecule has 1 heterocycles. The van der Waals surface area contributed by atoms with Gasteiger partial charge in [0.1, 0.15) is 22.5 Å². The molecular weight excluding hydrogens is 400 g/mol. The standard InChI is InChI=1S/C18H28O3S.C6H6O2/c1-3-4-5-6-7-8-11-22(19)15(2)12-16-9-10-17-18(13-16)21-14-20-17;7-5-2-1-3-6(8)4-5/h9-10,13,15H,3-8,11-12,14H2,1-2H3;1-4,7-8H. The quantitative estimate of drug-likeness (QED) is 0.378. The Morgan fingerprint density at radius 2 is 1.60 bits per heavy atom. The van der Waals surface area contributed by atoms with Crippen molar-refractivity contribution >= 4 is 11.2 Å². The number of fused-ring (bicyclic) bond motifs is 1. The van der Waals surface area contributed by atoms with Crippen molar-refractivity contribution in [3.63, 3.8) is 0 Å². The second-order valence-corrected chi connectivity index (χ2v) is 9.55. The molecule has 3 rings (SSSR count). The Morgan fingerprint density at radius 3 is 2.27 bits per heavy atom. The van der Waals surface area contributed by atoms with Crippen LogP contribution in [-0.4, -0.2) is 32.6 Å². The van der Waals surface area contributed by atoms with Crippen LogP contribution in [0, 0.1) is 0 Å². The summed E-state index contributed by atoms with van der Waals surface area (Å²) in [5, 5.41) is 17.5. The molecule has 2 atom stereocenters. The van der Waals surface area contributed by atoms with Gasteiger partial charge in [0.2, 0.25) is 6.79 Å². The van der Waals surface area contributed by atoms with Crippen molar-refractivity contribution in [2.24, 2.45) is 0 Å². The average molecular weight is 435 g/mol. The molecule has 0 amide bonds. The van der Waals surface area contributed by atoms with Crippen LogP contribution in [0.2, 0.25) is 0 Å². The van der Waals surface area contributed by atoms with Gasteiger partial charge in [0.15, 0.2) is 11.5 Å². The van der Waals surface area contributed by atoms with Crippen molar-refractivity contribution in [3.8, 4) is 23.0 Å². The molecule has 0 aliphatic carbocycles. The second-order valence-electron chi connectivity index (χ2n) is 7.57. The molecule has 0 saturated carbocycles. The number of ether oxygens (including phenoxy) is 2. The first-order valence-corrected chi connectivity index (χ1v) is 12.1. The topological polar surface area (TPSA) is 82.0 Å². The molecule has 30 heavy (non-hydrogen) atoms. The summed E-state index contributed by atoms with van der Waals surface area (Å²) in [5.74, 6) is 2.63. The van der Waals surface area contributed by atoms with Crippen molar-refractivity contribution in [1.82, 2.24) is 0 Å². The number of hydrogen-bond donors (Lipinski definition) is 2. The lowest BCUT2D eigenvalue weighted by molar-refractivity contribution is 0.174. The summed E-state index contributed by atoms with van der Waals surface area (Å²) in [7, 11) is 0. The fraction of sp³-hybridized carbons (Fsp3) is 0.500. The minimum atomic E-state index is -0.743.